The summed E-state index contributed by atoms with van der Waals surface area (Å²) < 4.78 is 351. The van der Waals surface area contributed by atoms with Gasteiger partial charge in [-0.05, 0) is 153 Å². The number of rotatable bonds is 14. The molecule has 5 nitrogen and oxygen atoms in total. The normalized spacial score (nSPS) is 17.1. The third kappa shape index (κ3) is 12.1. The topological polar surface area (TPSA) is 35.9 Å². The largest absolute Gasteiger partial charge is 0.510 e. The number of hydrogen-bond acceptors (Lipinski definition) is 2. The minimum atomic E-state index is -6.57. The maximum atomic E-state index is 10.8. The van der Waals surface area contributed by atoms with E-state index in [1.165, 1.54) is 33.4 Å². The molecule has 0 aliphatic rings. The Labute approximate surface area is 652 Å². The third-order valence-electron chi connectivity index (χ3n) is 17.1. The Morgan fingerprint density at radius 1 is 0.460 bits per heavy atom. The van der Waals surface area contributed by atoms with E-state index in [9.17, 15) is 26.0 Å². The van der Waals surface area contributed by atoms with Crippen LogP contribution in [-0.4, -0.2) is 22.2 Å². The van der Waals surface area contributed by atoms with Crippen LogP contribution in [0.4, 0.5) is 0 Å². The number of aromatic nitrogens is 4. The van der Waals surface area contributed by atoms with Crippen LogP contribution in [0.15, 0.2) is 321 Å². The minimum Gasteiger partial charge on any atom is -0.510 e. The summed E-state index contributed by atoms with van der Waals surface area (Å²) in [5, 5.41) is -2.62. The molecule has 0 spiro atoms. The van der Waals surface area contributed by atoms with Gasteiger partial charge in [0.2, 0.25) is 0 Å². The van der Waals surface area contributed by atoms with Crippen molar-refractivity contribution < 1.29 is 79.7 Å². The molecule has 16 aromatic rings. The van der Waals surface area contributed by atoms with E-state index in [4.69, 9.17) is 33.0 Å². The van der Waals surface area contributed by atoms with E-state index < -0.39 is 296 Å². The molecular formula is C93H74N4OPtSi-2. The Kier molecular flexibility index (Phi) is 9.51. The molecule has 3 heterocycles. The van der Waals surface area contributed by atoms with Gasteiger partial charge >= 0.3 is 0 Å². The molecule has 13 aromatic carbocycles. The van der Waals surface area contributed by atoms with Crippen LogP contribution in [0, 0.1) is 25.3 Å². The fourth-order valence-corrected chi connectivity index (χ4v) is 16.3. The Bertz CT molecular complexity index is 7440. The molecule has 488 valence electrons. The fraction of sp³-hybridized carbons (Fsp3) is 0.0968. The van der Waals surface area contributed by atoms with Crippen molar-refractivity contribution in [2.45, 2.75) is 59.2 Å². The van der Waals surface area contributed by atoms with Gasteiger partial charge in [0.05, 0.1) is 62.0 Å². The molecule has 16 rings (SSSR count). The monoisotopic (exact) mass is 1520 g/mol. The molecule has 0 radical (unpaired) electrons. The number of aryl methyl sites for hydroxylation is 1. The zero-order chi connectivity index (χ0) is 98.6. The third-order valence-corrected chi connectivity index (χ3v) is 21.3. The zero-order valence-corrected chi connectivity index (χ0v) is 57.3. The van der Waals surface area contributed by atoms with Crippen LogP contribution in [0.2, 0.25) is 0 Å². The first-order chi connectivity index (χ1) is 63.2. The summed E-state index contributed by atoms with van der Waals surface area (Å²) in [5.41, 5.74) is -4.46. The second-order valence-corrected chi connectivity index (χ2v) is 28.8. The molecular weight excluding hydrogens is 1410 g/mol. The summed E-state index contributed by atoms with van der Waals surface area (Å²) in [5.74, 6) is -0.122. The minimum absolute atomic E-state index is 0. The Hall–Kier alpha value is -11.0. The van der Waals surface area contributed by atoms with Gasteiger partial charge in [-0.2, -0.15) is 18.2 Å². The molecule has 0 N–H and O–H groups in total. The Morgan fingerprint density at radius 3 is 1.60 bits per heavy atom. The van der Waals surface area contributed by atoms with E-state index >= 15 is 0 Å². The zero-order valence-electron chi connectivity index (χ0n) is 90.1. The van der Waals surface area contributed by atoms with Crippen molar-refractivity contribution in [3.8, 4) is 84.3 Å². The molecule has 0 fully saturated rings. The van der Waals surface area contributed by atoms with Gasteiger partial charge in [0.1, 0.15) is 5.82 Å². The quantitative estimate of drug-likeness (QED) is 0.0471. The first kappa shape index (κ1) is 35.7. The van der Waals surface area contributed by atoms with Crippen LogP contribution >= 0.6 is 0 Å². The summed E-state index contributed by atoms with van der Waals surface area (Å²) in [6.07, 6.45) is 4.52. The molecule has 100 heavy (non-hydrogen) atoms. The van der Waals surface area contributed by atoms with E-state index in [-0.39, 0.29) is 66.2 Å². The van der Waals surface area contributed by atoms with E-state index in [1.54, 1.807) is 65.2 Å². The first-order valence-corrected chi connectivity index (χ1v) is 33.2. The number of hydrogen-bond donors (Lipinski definition) is 0. The molecule has 0 saturated carbocycles. The predicted molar refractivity (Wildman–Crippen MR) is 413 cm³/mol. The number of pyridine rings is 1. The van der Waals surface area contributed by atoms with Gasteiger partial charge in [0, 0.05) is 54.0 Å². The molecule has 0 bridgehead atoms. The number of nitrogens with zero attached hydrogens (tertiary/aromatic N) is 4. The summed E-state index contributed by atoms with van der Waals surface area (Å²) >= 11 is 0. The molecule has 3 aromatic heterocycles. The van der Waals surface area contributed by atoms with Crippen molar-refractivity contribution in [1.82, 2.24) is 14.1 Å². The molecule has 7 heteroatoms. The van der Waals surface area contributed by atoms with Crippen molar-refractivity contribution in [2.24, 2.45) is 0 Å². The summed E-state index contributed by atoms with van der Waals surface area (Å²) in [7, 11) is -6.57. The SMILES string of the molecule is [2H]c1c([2H])c([2H])c(-c2cnc(-n3c4[c-]c(Oc5[c-]c(-n6[c-][n+](-c7c(-c8c([2H])c(-c9c([2H])c([2H])c([2H])c([2H])c9[2H])c([2H])c(-c9c([2H])c([2H])c([2H])c([2H])c9[2H])c8[2H])cccc7[Si](c7c([2H])c([2H])c([2H])c([2H])c7[2H])(c7c([2H])c([2H])c([2H])c([2H])c7[2H])c7c([2H])c([2H])c([2H])c([2H])c7[2H])c7ccc(-c8cc(C(C)(C)C)cc(C(C)(C)C)c8)cc76)ccc5)ccc4c4ccccc43)cc2C([2H])([2H])[2H])c([2H])c1[2H].[Pt]. The van der Waals surface area contributed by atoms with Gasteiger partial charge in [-0.1, -0.05) is 295 Å². The van der Waals surface area contributed by atoms with Gasteiger partial charge in [-0.25, -0.2) is 4.98 Å². The van der Waals surface area contributed by atoms with E-state index in [0.29, 0.717) is 27.4 Å². The van der Waals surface area contributed by atoms with Crippen LogP contribution in [0.5, 0.6) is 11.5 Å². The maximum Gasteiger partial charge on any atom is 0.268 e. The van der Waals surface area contributed by atoms with Crippen molar-refractivity contribution in [1.29, 1.82) is 0 Å². The molecule has 0 atom stereocenters. The summed E-state index contributed by atoms with van der Waals surface area (Å²) in [6, 6.07) is 2.42. The van der Waals surface area contributed by atoms with Gasteiger partial charge in [-0.15, -0.1) is 29.7 Å². The van der Waals surface area contributed by atoms with Crippen molar-refractivity contribution >= 4 is 61.7 Å². The molecule has 0 amide bonds. The number of benzene rings is 13. The average Bonchev–Trinajstić information content (AvgIpc) is 0.902. The fourth-order valence-electron chi connectivity index (χ4n) is 12.3. The summed E-state index contributed by atoms with van der Waals surface area (Å²) in [4.78, 5) is 4.71. The maximum absolute atomic E-state index is 10.8. The number of imidazole rings is 1. The molecule has 0 saturated heterocycles. The predicted octanol–water partition coefficient (Wildman–Crippen LogP) is 20.2. The number of para-hydroxylation sites is 2. The average molecular weight is 1520 g/mol. The smallest absolute Gasteiger partial charge is 0.268 e. The molecule has 0 unspecified atom stereocenters. The second kappa shape index (κ2) is 26.7. The summed E-state index contributed by atoms with van der Waals surface area (Å²) in [6.45, 7) is 9.16. The molecule has 0 aliphatic carbocycles. The Morgan fingerprint density at radius 2 is 1.01 bits per heavy atom. The van der Waals surface area contributed by atoms with Gasteiger partial charge in [0.15, 0.2) is 8.07 Å². The van der Waals surface area contributed by atoms with Crippen LogP contribution in [0.3, 0.4) is 0 Å². The first-order valence-electron chi connectivity index (χ1n) is 49.2. The standard InChI is InChI=1S/C93H74N4OSi.Pt/c1-64-52-90(94-62-84(64)67-34-18-10-19-35-67)97-85-46-27-26-44-82(85)83-50-49-77(61-87(83)97)98-76-37-28-36-75(60-76)95-63-96(86-51-48-68(58-88(86)95)71-56-73(92(2,3)4)59-74(57-71)93(5,6)7)91-81(72-54-69(65-30-14-8-15-31-65)53-70(55-72)66-32-16-9-17-33-66)45-29-47-89(91)99(78-38-20-11-21-39-78,79-40-22-12-23-41-79)80-42-24-13-25-43-80;/h8-59,62H,1-7H3;/q-2;/i1D3,8D,9D,10D,11D,12D,13D,14D,15D,16D,17D,18D,19D,20D,21D,22D,23D,24D,25D,30D,31D,32D,33D,34D,35D,38D,39D,40D,41D,42D,43D,53D,54D,55D;. The van der Waals surface area contributed by atoms with Crippen molar-refractivity contribution in [3.05, 3.63) is 356 Å². The van der Waals surface area contributed by atoms with E-state index in [2.05, 4.69) is 24.5 Å². The number of ether oxygens (including phenoxy) is 1. The van der Waals surface area contributed by atoms with Crippen LogP contribution in [0.25, 0.3) is 106 Å². The van der Waals surface area contributed by atoms with Gasteiger partial charge in [0.25, 0.3) is 6.33 Å². The van der Waals surface area contributed by atoms with Crippen LogP contribution in [0.1, 0.15) is 108 Å². The second-order valence-electron chi connectivity index (χ2n) is 25.3. The van der Waals surface area contributed by atoms with Gasteiger partial charge < -0.3 is 13.9 Å². The Balaban J connectivity index is 0.0000141. The van der Waals surface area contributed by atoms with E-state index in [0.717, 1.165) is 29.5 Å². The van der Waals surface area contributed by atoms with Crippen LogP contribution < -0.4 is 30.1 Å². The number of fused-ring (bicyclic) bond motifs is 4. The van der Waals surface area contributed by atoms with E-state index in [1.807, 2.05) is 53.7 Å². The van der Waals surface area contributed by atoms with Crippen molar-refractivity contribution in [3.63, 3.8) is 0 Å². The van der Waals surface area contributed by atoms with Gasteiger partial charge in [-0.3, -0.25) is 4.57 Å². The van der Waals surface area contributed by atoms with Crippen LogP contribution in [-0.2, 0) is 31.9 Å². The molecule has 0 aliphatic heterocycles. The van der Waals surface area contributed by atoms with Crippen molar-refractivity contribution in [2.75, 3.05) is 0 Å².